The third kappa shape index (κ3) is 2.76. The minimum atomic E-state index is -0.297. The Hall–Kier alpha value is -1.03. The van der Waals surface area contributed by atoms with Crippen molar-refractivity contribution < 1.29 is 9.53 Å². The van der Waals surface area contributed by atoms with Crippen molar-refractivity contribution in [1.29, 1.82) is 0 Å². The van der Waals surface area contributed by atoms with Gasteiger partial charge in [-0.1, -0.05) is 15.9 Å². The summed E-state index contributed by atoms with van der Waals surface area (Å²) in [5, 5.41) is 0. The van der Waals surface area contributed by atoms with Crippen LogP contribution in [0.2, 0.25) is 0 Å². The van der Waals surface area contributed by atoms with Crippen LogP contribution in [-0.4, -0.2) is 26.2 Å². The van der Waals surface area contributed by atoms with Gasteiger partial charge >= 0.3 is 5.97 Å². The first-order valence-corrected chi connectivity index (χ1v) is 6.06. The van der Waals surface area contributed by atoms with Crippen LogP contribution in [0.15, 0.2) is 22.7 Å². The van der Waals surface area contributed by atoms with Gasteiger partial charge in [-0.3, -0.25) is 0 Å². The van der Waals surface area contributed by atoms with Crippen molar-refractivity contribution in [2.45, 2.75) is 13.8 Å². The smallest absolute Gasteiger partial charge is 0.339 e. The number of nitrogens with zero attached hydrogens (tertiary/aromatic N) is 1. The van der Waals surface area contributed by atoms with Crippen molar-refractivity contribution in [3.8, 4) is 0 Å². The van der Waals surface area contributed by atoms with Gasteiger partial charge < -0.3 is 9.64 Å². The maximum Gasteiger partial charge on any atom is 0.339 e. The van der Waals surface area contributed by atoms with E-state index in [0.29, 0.717) is 5.56 Å². The first kappa shape index (κ1) is 13.0. The van der Waals surface area contributed by atoms with Gasteiger partial charge in [0.25, 0.3) is 0 Å². The molecule has 0 atom stereocenters. The van der Waals surface area contributed by atoms with E-state index in [1.165, 1.54) is 7.11 Å². The van der Waals surface area contributed by atoms with Gasteiger partial charge in [-0.25, -0.2) is 4.79 Å². The number of esters is 1. The second-order valence-electron chi connectivity index (χ2n) is 3.33. The van der Waals surface area contributed by atoms with Crippen LogP contribution in [0.4, 0.5) is 5.69 Å². The van der Waals surface area contributed by atoms with Crippen LogP contribution < -0.4 is 4.90 Å². The molecule has 0 heterocycles. The molecule has 0 saturated carbocycles. The fourth-order valence-corrected chi connectivity index (χ4v) is 1.96. The monoisotopic (exact) mass is 285 g/mol. The van der Waals surface area contributed by atoms with Gasteiger partial charge in [-0.15, -0.1) is 0 Å². The van der Waals surface area contributed by atoms with E-state index >= 15 is 0 Å². The van der Waals surface area contributed by atoms with E-state index in [1.807, 2.05) is 12.1 Å². The molecule has 4 heteroatoms. The molecular weight excluding hydrogens is 270 g/mol. The lowest BCUT2D eigenvalue weighted by Gasteiger charge is -2.23. The van der Waals surface area contributed by atoms with Crippen molar-refractivity contribution in [3.63, 3.8) is 0 Å². The van der Waals surface area contributed by atoms with Crippen LogP contribution in [0.1, 0.15) is 24.2 Å². The van der Waals surface area contributed by atoms with Crippen LogP contribution in [0, 0.1) is 0 Å². The zero-order valence-corrected chi connectivity index (χ0v) is 11.4. The predicted molar refractivity (Wildman–Crippen MR) is 69.0 cm³/mol. The van der Waals surface area contributed by atoms with Gasteiger partial charge in [0.1, 0.15) is 0 Å². The normalized spacial score (nSPS) is 10.0. The summed E-state index contributed by atoms with van der Waals surface area (Å²) < 4.78 is 5.74. The van der Waals surface area contributed by atoms with Gasteiger partial charge in [-0.05, 0) is 32.0 Å². The Morgan fingerprint density at radius 3 is 2.50 bits per heavy atom. The standard InChI is InChI=1S/C12H16BrNO2/c1-4-14(5-2)11-8-9(13)6-7-10(11)12(15)16-3/h6-8H,4-5H2,1-3H3. The highest BCUT2D eigenvalue weighted by Gasteiger charge is 2.15. The fraction of sp³-hybridized carbons (Fsp3) is 0.417. The number of halogens is 1. The minimum Gasteiger partial charge on any atom is -0.465 e. The summed E-state index contributed by atoms with van der Waals surface area (Å²) in [4.78, 5) is 13.7. The molecule has 1 rings (SSSR count). The summed E-state index contributed by atoms with van der Waals surface area (Å²) >= 11 is 3.42. The van der Waals surface area contributed by atoms with E-state index in [4.69, 9.17) is 4.74 Å². The summed E-state index contributed by atoms with van der Waals surface area (Å²) in [6.07, 6.45) is 0. The third-order valence-electron chi connectivity index (χ3n) is 2.47. The highest BCUT2D eigenvalue weighted by atomic mass is 79.9. The summed E-state index contributed by atoms with van der Waals surface area (Å²) in [6, 6.07) is 5.57. The van der Waals surface area contributed by atoms with Gasteiger partial charge in [0.2, 0.25) is 0 Å². The van der Waals surface area contributed by atoms with Crippen LogP contribution >= 0.6 is 15.9 Å². The Bertz CT molecular complexity index is 375. The number of carbonyl (C=O) groups is 1. The molecule has 0 unspecified atom stereocenters. The lowest BCUT2D eigenvalue weighted by Crippen LogP contribution is -2.24. The third-order valence-corrected chi connectivity index (χ3v) is 2.96. The predicted octanol–water partition coefficient (Wildman–Crippen LogP) is 3.08. The van der Waals surface area contributed by atoms with Crippen LogP contribution in [0.3, 0.4) is 0 Å². The minimum absolute atomic E-state index is 0.297. The maximum absolute atomic E-state index is 11.6. The van der Waals surface area contributed by atoms with Crippen molar-refractivity contribution >= 4 is 27.6 Å². The average Bonchev–Trinajstić information content (AvgIpc) is 2.30. The summed E-state index contributed by atoms with van der Waals surface area (Å²) in [7, 11) is 1.40. The molecule has 3 nitrogen and oxygen atoms in total. The lowest BCUT2D eigenvalue weighted by atomic mass is 10.1. The molecule has 1 aromatic carbocycles. The molecule has 16 heavy (non-hydrogen) atoms. The topological polar surface area (TPSA) is 29.5 Å². The Morgan fingerprint density at radius 2 is 2.00 bits per heavy atom. The summed E-state index contributed by atoms with van der Waals surface area (Å²) in [5.41, 5.74) is 1.51. The van der Waals surface area contributed by atoms with Crippen molar-refractivity contribution in [3.05, 3.63) is 28.2 Å². The zero-order chi connectivity index (χ0) is 12.1. The summed E-state index contributed by atoms with van der Waals surface area (Å²) in [5.74, 6) is -0.297. The molecule has 0 fully saturated rings. The molecule has 0 aliphatic carbocycles. The number of hydrogen-bond donors (Lipinski definition) is 0. The largest absolute Gasteiger partial charge is 0.465 e. The number of benzene rings is 1. The number of rotatable bonds is 4. The molecule has 88 valence electrons. The molecule has 0 spiro atoms. The number of hydrogen-bond acceptors (Lipinski definition) is 3. The van der Waals surface area contributed by atoms with Crippen molar-refractivity contribution in [1.82, 2.24) is 0 Å². The van der Waals surface area contributed by atoms with Gasteiger partial charge in [0.05, 0.1) is 18.4 Å². The Morgan fingerprint density at radius 1 is 1.38 bits per heavy atom. The lowest BCUT2D eigenvalue weighted by molar-refractivity contribution is 0.0601. The molecule has 0 aromatic heterocycles. The SMILES string of the molecule is CCN(CC)c1cc(Br)ccc1C(=O)OC. The molecule has 0 saturated heterocycles. The van der Waals surface area contributed by atoms with Crippen molar-refractivity contribution in [2.75, 3.05) is 25.1 Å². The fourth-order valence-electron chi connectivity index (χ4n) is 1.61. The molecule has 0 N–H and O–H groups in total. The van der Waals surface area contributed by atoms with E-state index in [0.717, 1.165) is 23.2 Å². The Kier molecular flexibility index (Phi) is 4.80. The van der Waals surface area contributed by atoms with E-state index in [1.54, 1.807) is 6.07 Å². The van der Waals surface area contributed by atoms with E-state index < -0.39 is 0 Å². The zero-order valence-electron chi connectivity index (χ0n) is 9.79. The molecule has 0 aliphatic heterocycles. The van der Waals surface area contributed by atoms with E-state index in [-0.39, 0.29) is 5.97 Å². The molecular formula is C12H16BrNO2. The molecule has 1 aromatic rings. The van der Waals surface area contributed by atoms with Gasteiger partial charge in [-0.2, -0.15) is 0 Å². The van der Waals surface area contributed by atoms with Crippen LogP contribution in [-0.2, 0) is 4.74 Å². The molecule has 0 radical (unpaired) electrons. The molecule has 0 aliphatic rings. The molecule has 0 bridgehead atoms. The first-order valence-electron chi connectivity index (χ1n) is 5.26. The van der Waals surface area contributed by atoms with Crippen LogP contribution in [0.25, 0.3) is 0 Å². The number of methoxy groups -OCH3 is 1. The van der Waals surface area contributed by atoms with Gasteiger partial charge in [0.15, 0.2) is 0 Å². The second-order valence-corrected chi connectivity index (χ2v) is 4.24. The van der Waals surface area contributed by atoms with Gasteiger partial charge in [0, 0.05) is 17.6 Å². The molecule has 0 amide bonds. The Labute approximate surface area is 105 Å². The maximum atomic E-state index is 11.6. The quantitative estimate of drug-likeness (QED) is 0.797. The number of anilines is 1. The first-order chi connectivity index (χ1) is 7.63. The second kappa shape index (κ2) is 5.89. The van der Waals surface area contributed by atoms with E-state index in [9.17, 15) is 4.79 Å². The van der Waals surface area contributed by atoms with E-state index in [2.05, 4.69) is 34.7 Å². The van der Waals surface area contributed by atoms with Crippen LogP contribution in [0.5, 0.6) is 0 Å². The highest BCUT2D eigenvalue weighted by Crippen LogP contribution is 2.25. The Balaban J connectivity index is 3.22. The van der Waals surface area contributed by atoms with Crippen molar-refractivity contribution in [2.24, 2.45) is 0 Å². The number of carbonyl (C=O) groups excluding carboxylic acids is 1. The number of ether oxygens (including phenoxy) is 1. The summed E-state index contributed by atoms with van der Waals surface area (Å²) in [6.45, 7) is 5.84. The average molecular weight is 286 g/mol. The highest BCUT2D eigenvalue weighted by molar-refractivity contribution is 9.10.